The normalized spacial score (nSPS) is 20.0. The van der Waals surface area contributed by atoms with Crippen LogP contribution >= 0.6 is 11.3 Å². The van der Waals surface area contributed by atoms with Gasteiger partial charge in [-0.2, -0.15) is 5.10 Å². The van der Waals surface area contributed by atoms with Crippen LogP contribution in [0.5, 0.6) is 0 Å². The largest absolute Gasteiger partial charge is 0.293 e. The van der Waals surface area contributed by atoms with Gasteiger partial charge in [0.05, 0.1) is 11.6 Å². The summed E-state index contributed by atoms with van der Waals surface area (Å²) >= 11 is 1.81. The van der Waals surface area contributed by atoms with E-state index in [-0.39, 0.29) is 0 Å². The molecule has 0 aromatic carbocycles. The summed E-state index contributed by atoms with van der Waals surface area (Å²) in [6.45, 7) is 9.22. The van der Waals surface area contributed by atoms with E-state index in [1.165, 1.54) is 30.7 Å². The van der Waals surface area contributed by atoms with Gasteiger partial charge in [-0.25, -0.2) is 14.6 Å². The summed E-state index contributed by atoms with van der Waals surface area (Å²) in [6.07, 6.45) is 5.88. The molecule has 0 N–H and O–H groups in total. The lowest BCUT2D eigenvalue weighted by atomic mass is 10.0. The third-order valence-corrected chi connectivity index (χ3v) is 5.02. The van der Waals surface area contributed by atoms with E-state index < -0.39 is 0 Å². The van der Waals surface area contributed by atoms with Crippen LogP contribution in [-0.2, 0) is 13.1 Å². The molecule has 0 radical (unpaired) electrons. The fourth-order valence-electron chi connectivity index (χ4n) is 3.09. The Morgan fingerprint density at radius 3 is 2.81 bits per heavy atom. The molecule has 3 rings (SSSR count). The van der Waals surface area contributed by atoms with E-state index in [9.17, 15) is 0 Å². The second-order valence-corrected chi connectivity index (χ2v) is 7.17. The number of nitrogens with zero attached hydrogens (tertiary/aromatic N) is 5. The van der Waals surface area contributed by atoms with Crippen LogP contribution in [0.15, 0.2) is 6.20 Å². The fraction of sp³-hybridized carbons (Fsp3) is 0.667. The molecule has 0 aliphatic carbocycles. The average Bonchev–Trinajstić information content (AvgIpc) is 2.98. The predicted molar refractivity (Wildman–Crippen MR) is 84.4 cm³/mol. The first-order valence-corrected chi connectivity index (χ1v) is 8.47. The zero-order valence-electron chi connectivity index (χ0n) is 13.0. The van der Waals surface area contributed by atoms with Gasteiger partial charge in [0, 0.05) is 23.7 Å². The van der Waals surface area contributed by atoms with Crippen molar-refractivity contribution in [2.45, 2.75) is 59.2 Å². The van der Waals surface area contributed by atoms with Gasteiger partial charge in [-0.3, -0.25) is 4.90 Å². The molecule has 0 bridgehead atoms. The number of thiazole rings is 1. The Morgan fingerprint density at radius 1 is 1.29 bits per heavy atom. The van der Waals surface area contributed by atoms with Gasteiger partial charge < -0.3 is 0 Å². The van der Waals surface area contributed by atoms with Crippen LogP contribution in [0.25, 0.3) is 0 Å². The van der Waals surface area contributed by atoms with E-state index in [0.29, 0.717) is 6.04 Å². The van der Waals surface area contributed by atoms with Crippen molar-refractivity contribution in [3.05, 3.63) is 27.7 Å². The maximum atomic E-state index is 4.52. The molecule has 3 heterocycles. The van der Waals surface area contributed by atoms with Crippen molar-refractivity contribution in [2.24, 2.45) is 0 Å². The third-order valence-electron chi connectivity index (χ3n) is 4.12. The quantitative estimate of drug-likeness (QED) is 0.871. The number of rotatable bonds is 4. The molecule has 2 aromatic heterocycles. The van der Waals surface area contributed by atoms with Crippen LogP contribution in [-0.4, -0.2) is 37.2 Å². The first-order chi connectivity index (χ1) is 10.1. The van der Waals surface area contributed by atoms with Gasteiger partial charge >= 0.3 is 0 Å². The van der Waals surface area contributed by atoms with Gasteiger partial charge in [-0.05, 0) is 40.2 Å². The summed E-state index contributed by atoms with van der Waals surface area (Å²) in [5.41, 5.74) is 0. The van der Waals surface area contributed by atoms with Gasteiger partial charge in [0.25, 0.3) is 0 Å². The monoisotopic (exact) mass is 305 g/mol. The van der Waals surface area contributed by atoms with Gasteiger partial charge in [0.15, 0.2) is 0 Å². The minimum Gasteiger partial charge on any atom is -0.293 e. The standard InChI is InChI=1S/C15H23N5S/c1-11-17-12(2)20(18-11)9-14-6-4-5-7-19(14)10-15-8-16-13(3)21-15/h8,14H,4-7,9-10H2,1-3H3. The Morgan fingerprint density at radius 2 is 2.14 bits per heavy atom. The molecule has 1 unspecified atom stereocenters. The van der Waals surface area contributed by atoms with Crippen molar-refractivity contribution in [1.82, 2.24) is 24.6 Å². The van der Waals surface area contributed by atoms with E-state index >= 15 is 0 Å². The maximum Gasteiger partial charge on any atom is 0.147 e. The fourth-order valence-corrected chi connectivity index (χ4v) is 3.91. The number of likely N-dealkylation sites (tertiary alicyclic amines) is 1. The topological polar surface area (TPSA) is 46.8 Å². The SMILES string of the molecule is Cc1nc(C)n(CC2CCCCN2Cc2cnc(C)s2)n1. The highest BCUT2D eigenvalue weighted by Gasteiger charge is 2.24. The van der Waals surface area contributed by atoms with E-state index in [2.05, 4.69) is 31.6 Å². The first kappa shape index (κ1) is 14.7. The predicted octanol–water partition coefficient (Wildman–Crippen LogP) is 2.71. The summed E-state index contributed by atoms with van der Waals surface area (Å²) < 4.78 is 2.07. The van der Waals surface area contributed by atoms with Gasteiger partial charge in [-0.15, -0.1) is 11.3 Å². The van der Waals surface area contributed by atoms with Crippen LogP contribution in [0.1, 0.15) is 40.8 Å². The Labute approximate surface area is 130 Å². The lowest BCUT2D eigenvalue weighted by Gasteiger charge is -2.35. The summed E-state index contributed by atoms with van der Waals surface area (Å²) in [6, 6.07) is 0.556. The Bertz CT molecular complexity index is 603. The molecule has 6 heteroatoms. The third kappa shape index (κ3) is 3.49. The van der Waals surface area contributed by atoms with Gasteiger partial charge in [0.2, 0.25) is 0 Å². The van der Waals surface area contributed by atoms with Gasteiger partial charge in [0.1, 0.15) is 11.6 Å². The molecular weight excluding hydrogens is 282 g/mol. The molecule has 0 saturated carbocycles. The zero-order chi connectivity index (χ0) is 14.8. The number of piperidine rings is 1. The van der Waals surface area contributed by atoms with Crippen molar-refractivity contribution in [2.75, 3.05) is 6.54 Å². The lowest BCUT2D eigenvalue weighted by Crippen LogP contribution is -2.41. The molecule has 1 aliphatic heterocycles. The van der Waals surface area contributed by atoms with Crippen LogP contribution in [0.4, 0.5) is 0 Å². The zero-order valence-corrected chi connectivity index (χ0v) is 13.9. The number of aryl methyl sites for hydroxylation is 3. The van der Waals surface area contributed by atoms with Crippen LogP contribution in [0.2, 0.25) is 0 Å². The highest BCUT2D eigenvalue weighted by Crippen LogP contribution is 2.23. The average molecular weight is 305 g/mol. The van der Waals surface area contributed by atoms with Crippen molar-refractivity contribution >= 4 is 11.3 Å². The molecule has 1 aliphatic rings. The van der Waals surface area contributed by atoms with E-state index in [1.807, 2.05) is 31.4 Å². The Hall–Kier alpha value is -1.27. The Balaban J connectivity index is 1.70. The number of hydrogen-bond acceptors (Lipinski definition) is 5. The molecule has 2 aromatic rings. The molecule has 1 saturated heterocycles. The molecule has 21 heavy (non-hydrogen) atoms. The molecule has 1 atom stereocenters. The molecule has 5 nitrogen and oxygen atoms in total. The van der Waals surface area contributed by atoms with Crippen LogP contribution < -0.4 is 0 Å². The van der Waals surface area contributed by atoms with Crippen molar-refractivity contribution < 1.29 is 0 Å². The highest BCUT2D eigenvalue weighted by atomic mass is 32.1. The summed E-state index contributed by atoms with van der Waals surface area (Å²) in [7, 11) is 0. The van der Waals surface area contributed by atoms with Crippen LogP contribution in [0.3, 0.4) is 0 Å². The van der Waals surface area contributed by atoms with Crippen molar-refractivity contribution in [3.63, 3.8) is 0 Å². The second kappa shape index (κ2) is 6.23. The van der Waals surface area contributed by atoms with Gasteiger partial charge in [-0.1, -0.05) is 6.42 Å². The second-order valence-electron chi connectivity index (χ2n) is 5.85. The molecule has 114 valence electrons. The molecular formula is C15H23N5S. The van der Waals surface area contributed by atoms with Crippen molar-refractivity contribution in [1.29, 1.82) is 0 Å². The summed E-state index contributed by atoms with van der Waals surface area (Å²) in [5.74, 6) is 1.89. The molecule has 0 amide bonds. The number of hydrogen-bond donors (Lipinski definition) is 0. The smallest absolute Gasteiger partial charge is 0.147 e. The molecule has 1 fully saturated rings. The van der Waals surface area contributed by atoms with E-state index in [1.54, 1.807) is 0 Å². The van der Waals surface area contributed by atoms with E-state index in [0.717, 1.165) is 29.7 Å². The van der Waals surface area contributed by atoms with E-state index in [4.69, 9.17) is 0 Å². The van der Waals surface area contributed by atoms with Crippen molar-refractivity contribution in [3.8, 4) is 0 Å². The number of aromatic nitrogens is 4. The summed E-state index contributed by atoms with van der Waals surface area (Å²) in [5, 5.41) is 5.67. The first-order valence-electron chi connectivity index (χ1n) is 7.65. The molecule has 0 spiro atoms. The summed E-state index contributed by atoms with van der Waals surface area (Å²) in [4.78, 5) is 12.7. The van der Waals surface area contributed by atoms with Crippen LogP contribution in [0, 0.1) is 20.8 Å². The minimum atomic E-state index is 0.556. The lowest BCUT2D eigenvalue weighted by molar-refractivity contribution is 0.122. The Kier molecular flexibility index (Phi) is 4.35. The maximum absolute atomic E-state index is 4.52. The minimum absolute atomic E-state index is 0.556. The highest BCUT2D eigenvalue weighted by molar-refractivity contribution is 7.11.